The van der Waals surface area contributed by atoms with Crippen LogP contribution in [0.2, 0.25) is 5.02 Å². The minimum absolute atomic E-state index is 0.600. The van der Waals surface area contributed by atoms with E-state index in [1.807, 2.05) is 30.3 Å². The Morgan fingerprint density at radius 1 is 1.20 bits per heavy atom. The van der Waals surface area contributed by atoms with Gasteiger partial charge in [-0.25, -0.2) is 4.98 Å². The van der Waals surface area contributed by atoms with Crippen molar-refractivity contribution < 1.29 is 4.42 Å². The monoisotopic (exact) mass is 286 g/mol. The second kappa shape index (κ2) is 5.65. The van der Waals surface area contributed by atoms with Crippen LogP contribution in [-0.2, 0) is 6.54 Å². The van der Waals surface area contributed by atoms with Crippen LogP contribution in [-0.4, -0.2) is 11.5 Å². The first kappa shape index (κ1) is 13.2. The van der Waals surface area contributed by atoms with Crippen LogP contribution in [0, 0.1) is 0 Å². The molecule has 3 rings (SSSR count). The van der Waals surface area contributed by atoms with Crippen molar-refractivity contribution in [2.45, 2.75) is 13.5 Å². The number of aromatic nitrogens is 1. The molecule has 3 aromatic rings. The first-order chi connectivity index (χ1) is 9.76. The van der Waals surface area contributed by atoms with Crippen molar-refractivity contribution in [1.82, 2.24) is 10.3 Å². The normalized spacial score (nSPS) is 11.1. The Morgan fingerprint density at radius 2 is 2.10 bits per heavy atom. The molecule has 0 bridgehead atoms. The maximum Gasteiger partial charge on any atom is 0.227 e. The van der Waals surface area contributed by atoms with Gasteiger partial charge in [0.15, 0.2) is 5.58 Å². The molecular weight excluding hydrogens is 272 g/mol. The summed E-state index contributed by atoms with van der Waals surface area (Å²) in [6, 6.07) is 13.6. The molecule has 0 saturated carbocycles. The summed E-state index contributed by atoms with van der Waals surface area (Å²) >= 11 is 6.00. The van der Waals surface area contributed by atoms with E-state index in [2.05, 4.69) is 29.4 Å². The number of hydrogen-bond donors (Lipinski definition) is 1. The maximum absolute atomic E-state index is 6.00. The summed E-state index contributed by atoms with van der Waals surface area (Å²) in [5, 5.41) is 3.98. The van der Waals surface area contributed by atoms with Crippen molar-refractivity contribution in [3.8, 4) is 11.5 Å². The van der Waals surface area contributed by atoms with Gasteiger partial charge in [0.2, 0.25) is 5.89 Å². The van der Waals surface area contributed by atoms with E-state index in [1.54, 1.807) is 0 Å². The number of oxazole rings is 1. The summed E-state index contributed by atoms with van der Waals surface area (Å²) in [5.74, 6) is 0.600. The Morgan fingerprint density at radius 3 is 2.90 bits per heavy atom. The Bertz CT molecular complexity index is 736. The number of hydrogen-bond acceptors (Lipinski definition) is 3. The zero-order chi connectivity index (χ0) is 13.9. The third kappa shape index (κ3) is 2.69. The molecule has 0 atom stereocenters. The molecule has 1 aromatic heterocycles. The zero-order valence-corrected chi connectivity index (χ0v) is 11.9. The fourth-order valence-electron chi connectivity index (χ4n) is 2.10. The second-order valence-electron chi connectivity index (χ2n) is 4.61. The Kier molecular flexibility index (Phi) is 3.72. The molecule has 0 radical (unpaired) electrons. The molecule has 0 unspecified atom stereocenters. The Balaban J connectivity index is 1.98. The summed E-state index contributed by atoms with van der Waals surface area (Å²) in [5.41, 5.74) is 3.75. The van der Waals surface area contributed by atoms with E-state index in [4.69, 9.17) is 16.0 Å². The lowest BCUT2D eigenvalue weighted by atomic mass is 10.2. The lowest BCUT2D eigenvalue weighted by Gasteiger charge is -2.00. The van der Waals surface area contributed by atoms with Gasteiger partial charge < -0.3 is 9.73 Å². The van der Waals surface area contributed by atoms with Crippen molar-refractivity contribution >= 4 is 22.7 Å². The highest BCUT2D eigenvalue weighted by Gasteiger charge is 2.09. The van der Waals surface area contributed by atoms with E-state index in [-0.39, 0.29) is 0 Å². The van der Waals surface area contributed by atoms with Gasteiger partial charge in [-0.1, -0.05) is 30.7 Å². The van der Waals surface area contributed by atoms with Crippen molar-refractivity contribution in [1.29, 1.82) is 0 Å². The van der Waals surface area contributed by atoms with Gasteiger partial charge in [0, 0.05) is 17.1 Å². The smallest absolute Gasteiger partial charge is 0.227 e. The van der Waals surface area contributed by atoms with E-state index < -0.39 is 0 Å². The lowest BCUT2D eigenvalue weighted by molar-refractivity contribution is 0.619. The average molecular weight is 287 g/mol. The second-order valence-corrected chi connectivity index (χ2v) is 5.05. The highest BCUT2D eigenvalue weighted by molar-refractivity contribution is 6.30. The Hall–Kier alpha value is -1.84. The largest absolute Gasteiger partial charge is 0.436 e. The predicted molar refractivity (Wildman–Crippen MR) is 81.8 cm³/mol. The fourth-order valence-corrected chi connectivity index (χ4v) is 2.29. The summed E-state index contributed by atoms with van der Waals surface area (Å²) in [4.78, 5) is 4.54. The van der Waals surface area contributed by atoms with Crippen molar-refractivity contribution in [3.05, 3.63) is 53.1 Å². The zero-order valence-electron chi connectivity index (χ0n) is 11.2. The molecule has 0 fully saturated rings. The van der Waals surface area contributed by atoms with Crippen LogP contribution in [0.3, 0.4) is 0 Å². The molecule has 0 saturated heterocycles. The molecule has 0 aliphatic carbocycles. The predicted octanol–water partition coefficient (Wildman–Crippen LogP) is 4.26. The quantitative estimate of drug-likeness (QED) is 0.779. The SMILES string of the molecule is CCNCc1ccc2oc(-c3cccc(Cl)c3)nc2c1. The van der Waals surface area contributed by atoms with Crippen LogP contribution in [0.1, 0.15) is 12.5 Å². The number of fused-ring (bicyclic) bond motifs is 1. The molecule has 0 amide bonds. The third-order valence-electron chi connectivity index (χ3n) is 3.10. The minimum Gasteiger partial charge on any atom is -0.436 e. The summed E-state index contributed by atoms with van der Waals surface area (Å²) in [6.45, 7) is 3.88. The molecular formula is C16H15ClN2O. The molecule has 1 heterocycles. The Labute approximate surface area is 122 Å². The van der Waals surface area contributed by atoms with E-state index >= 15 is 0 Å². The number of nitrogens with one attached hydrogen (secondary N) is 1. The molecule has 2 aromatic carbocycles. The molecule has 0 aliphatic rings. The van der Waals surface area contributed by atoms with Crippen molar-refractivity contribution in [2.75, 3.05) is 6.54 Å². The third-order valence-corrected chi connectivity index (χ3v) is 3.34. The van der Waals surface area contributed by atoms with Crippen LogP contribution < -0.4 is 5.32 Å². The molecule has 0 spiro atoms. The first-order valence-corrected chi connectivity index (χ1v) is 7.00. The minimum atomic E-state index is 0.600. The standard InChI is InChI=1S/C16H15ClN2O/c1-2-18-10-11-6-7-15-14(8-11)19-16(20-15)12-4-3-5-13(17)9-12/h3-9,18H,2,10H2,1H3. The van der Waals surface area contributed by atoms with E-state index in [0.717, 1.165) is 29.8 Å². The maximum atomic E-state index is 6.00. The number of nitrogens with zero attached hydrogens (tertiary/aromatic N) is 1. The lowest BCUT2D eigenvalue weighted by Crippen LogP contribution is -2.11. The number of rotatable bonds is 4. The van der Waals surface area contributed by atoms with Crippen LogP contribution >= 0.6 is 11.6 Å². The molecule has 20 heavy (non-hydrogen) atoms. The van der Waals surface area contributed by atoms with Gasteiger partial charge in [-0.15, -0.1) is 0 Å². The molecule has 102 valence electrons. The van der Waals surface area contributed by atoms with E-state index in [1.165, 1.54) is 5.56 Å². The highest BCUT2D eigenvalue weighted by Crippen LogP contribution is 2.26. The van der Waals surface area contributed by atoms with Crippen LogP contribution in [0.4, 0.5) is 0 Å². The van der Waals surface area contributed by atoms with Gasteiger partial charge in [0.25, 0.3) is 0 Å². The molecule has 0 aliphatic heterocycles. The van der Waals surface area contributed by atoms with E-state index in [0.29, 0.717) is 10.9 Å². The summed E-state index contributed by atoms with van der Waals surface area (Å²) in [6.07, 6.45) is 0. The summed E-state index contributed by atoms with van der Waals surface area (Å²) in [7, 11) is 0. The first-order valence-electron chi connectivity index (χ1n) is 6.62. The number of benzene rings is 2. The van der Waals surface area contributed by atoms with Crippen LogP contribution in [0.25, 0.3) is 22.6 Å². The van der Waals surface area contributed by atoms with Crippen molar-refractivity contribution in [2.24, 2.45) is 0 Å². The molecule has 3 nitrogen and oxygen atoms in total. The fraction of sp³-hybridized carbons (Fsp3) is 0.188. The van der Waals surface area contributed by atoms with Gasteiger partial charge in [0.1, 0.15) is 5.52 Å². The van der Waals surface area contributed by atoms with Gasteiger partial charge in [-0.05, 0) is 42.4 Å². The summed E-state index contributed by atoms with van der Waals surface area (Å²) < 4.78 is 5.78. The van der Waals surface area contributed by atoms with Crippen molar-refractivity contribution in [3.63, 3.8) is 0 Å². The number of halogens is 1. The topological polar surface area (TPSA) is 38.1 Å². The van der Waals surface area contributed by atoms with Gasteiger partial charge >= 0.3 is 0 Å². The van der Waals surface area contributed by atoms with Gasteiger partial charge in [0.05, 0.1) is 0 Å². The van der Waals surface area contributed by atoms with E-state index in [9.17, 15) is 0 Å². The van der Waals surface area contributed by atoms with Gasteiger partial charge in [-0.3, -0.25) is 0 Å². The van der Waals surface area contributed by atoms with Gasteiger partial charge in [-0.2, -0.15) is 0 Å². The average Bonchev–Trinajstić information content (AvgIpc) is 2.88. The molecule has 4 heteroatoms. The molecule has 1 N–H and O–H groups in total. The van der Waals surface area contributed by atoms with Crippen LogP contribution in [0.5, 0.6) is 0 Å². The highest BCUT2D eigenvalue weighted by atomic mass is 35.5. The van der Waals surface area contributed by atoms with Crippen LogP contribution in [0.15, 0.2) is 46.9 Å².